The Bertz CT molecular complexity index is 574. The van der Waals surface area contributed by atoms with Crippen LogP contribution in [0.4, 0.5) is 0 Å². The third kappa shape index (κ3) is 2.63. The number of fused-ring (bicyclic) bond motifs is 1. The van der Waals surface area contributed by atoms with E-state index < -0.39 is 0 Å². The molecular formula is C15H18N2OS. The highest BCUT2D eigenvalue weighted by Crippen LogP contribution is 2.30. The first-order valence-electron chi connectivity index (χ1n) is 6.85. The first kappa shape index (κ1) is 12.6. The number of hydrogen-bond donors (Lipinski definition) is 0. The SMILES string of the molecule is Cn1nccc1CCC(=O)c1cc2c(s1)CCCC2. The molecule has 0 aliphatic heterocycles. The van der Waals surface area contributed by atoms with E-state index in [-0.39, 0.29) is 5.78 Å². The summed E-state index contributed by atoms with van der Waals surface area (Å²) in [5, 5.41) is 4.13. The molecule has 19 heavy (non-hydrogen) atoms. The van der Waals surface area contributed by atoms with Crippen molar-refractivity contribution >= 4 is 17.1 Å². The van der Waals surface area contributed by atoms with Gasteiger partial charge in [0.1, 0.15) is 0 Å². The average molecular weight is 274 g/mol. The van der Waals surface area contributed by atoms with Gasteiger partial charge in [0.05, 0.1) is 4.88 Å². The maximum Gasteiger partial charge on any atom is 0.173 e. The number of thiophene rings is 1. The fourth-order valence-electron chi connectivity index (χ4n) is 2.64. The van der Waals surface area contributed by atoms with Crippen LogP contribution in [0.25, 0.3) is 0 Å². The van der Waals surface area contributed by atoms with E-state index in [1.165, 1.54) is 23.3 Å². The lowest BCUT2D eigenvalue weighted by molar-refractivity contribution is 0.0986. The minimum atomic E-state index is 0.278. The molecule has 0 radical (unpaired) electrons. The summed E-state index contributed by atoms with van der Waals surface area (Å²) in [6, 6.07) is 4.11. The number of ketones is 1. The molecule has 100 valence electrons. The van der Waals surface area contributed by atoms with Gasteiger partial charge in [-0.15, -0.1) is 11.3 Å². The second kappa shape index (κ2) is 5.29. The molecule has 2 aromatic heterocycles. The number of carbonyl (C=O) groups is 1. The van der Waals surface area contributed by atoms with Crippen LogP contribution in [0.3, 0.4) is 0 Å². The standard InChI is InChI=1S/C15H18N2OS/c1-17-12(8-9-16-17)6-7-13(18)15-10-11-4-2-3-5-14(11)19-15/h8-10H,2-7H2,1H3. The lowest BCUT2D eigenvalue weighted by Crippen LogP contribution is -2.03. The van der Waals surface area contributed by atoms with E-state index in [1.807, 2.05) is 17.8 Å². The zero-order chi connectivity index (χ0) is 13.2. The largest absolute Gasteiger partial charge is 0.293 e. The van der Waals surface area contributed by atoms with Crippen molar-refractivity contribution < 1.29 is 4.79 Å². The van der Waals surface area contributed by atoms with Gasteiger partial charge in [-0.25, -0.2) is 0 Å². The summed E-state index contributed by atoms with van der Waals surface area (Å²) < 4.78 is 1.84. The lowest BCUT2D eigenvalue weighted by Gasteiger charge is -2.08. The van der Waals surface area contributed by atoms with E-state index in [4.69, 9.17) is 0 Å². The van der Waals surface area contributed by atoms with E-state index in [0.717, 1.165) is 29.8 Å². The molecule has 0 aromatic carbocycles. The third-order valence-electron chi connectivity index (χ3n) is 3.80. The van der Waals surface area contributed by atoms with Gasteiger partial charge in [0.2, 0.25) is 0 Å². The van der Waals surface area contributed by atoms with E-state index in [2.05, 4.69) is 11.2 Å². The molecule has 0 unspecified atom stereocenters. The number of hydrogen-bond acceptors (Lipinski definition) is 3. The topological polar surface area (TPSA) is 34.9 Å². The summed E-state index contributed by atoms with van der Waals surface area (Å²) in [6.45, 7) is 0. The van der Waals surface area contributed by atoms with Crippen molar-refractivity contribution in [2.24, 2.45) is 7.05 Å². The lowest BCUT2D eigenvalue weighted by atomic mass is 9.99. The minimum absolute atomic E-state index is 0.278. The van der Waals surface area contributed by atoms with Crippen molar-refractivity contribution in [3.05, 3.63) is 39.3 Å². The normalized spacial score (nSPS) is 14.4. The Morgan fingerprint density at radius 1 is 1.42 bits per heavy atom. The second-order valence-electron chi connectivity index (χ2n) is 5.14. The Labute approximate surface area is 117 Å². The highest BCUT2D eigenvalue weighted by Gasteiger charge is 2.17. The zero-order valence-electron chi connectivity index (χ0n) is 11.2. The highest BCUT2D eigenvalue weighted by molar-refractivity contribution is 7.14. The van der Waals surface area contributed by atoms with Crippen LogP contribution in [0.15, 0.2) is 18.3 Å². The maximum atomic E-state index is 12.2. The van der Waals surface area contributed by atoms with Crippen LogP contribution in [-0.4, -0.2) is 15.6 Å². The van der Waals surface area contributed by atoms with Crippen LogP contribution in [0, 0.1) is 0 Å². The molecule has 0 atom stereocenters. The van der Waals surface area contributed by atoms with Crippen molar-refractivity contribution in [3.63, 3.8) is 0 Å². The molecule has 0 bridgehead atoms. The molecule has 1 aliphatic carbocycles. The minimum Gasteiger partial charge on any atom is -0.293 e. The first-order valence-corrected chi connectivity index (χ1v) is 7.67. The van der Waals surface area contributed by atoms with E-state index in [9.17, 15) is 4.79 Å². The van der Waals surface area contributed by atoms with Crippen molar-refractivity contribution in [1.29, 1.82) is 0 Å². The number of Topliss-reactive ketones (excluding diaryl/α,β-unsaturated/α-hetero) is 1. The molecule has 0 N–H and O–H groups in total. The summed E-state index contributed by atoms with van der Waals surface area (Å²) in [4.78, 5) is 14.6. The Balaban J connectivity index is 1.67. The Hall–Kier alpha value is -1.42. The number of aromatic nitrogens is 2. The molecule has 2 aromatic rings. The van der Waals surface area contributed by atoms with Crippen molar-refractivity contribution in [3.8, 4) is 0 Å². The van der Waals surface area contributed by atoms with E-state index in [1.54, 1.807) is 17.5 Å². The molecule has 0 fully saturated rings. The molecule has 0 saturated heterocycles. The molecule has 1 aliphatic rings. The van der Waals surface area contributed by atoms with Gasteiger partial charge >= 0.3 is 0 Å². The predicted molar refractivity (Wildman–Crippen MR) is 76.8 cm³/mol. The fraction of sp³-hybridized carbons (Fsp3) is 0.467. The van der Waals surface area contributed by atoms with Crippen LogP contribution in [0.5, 0.6) is 0 Å². The quantitative estimate of drug-likeness (QED) is 0.803. The van der Waals surface area contributed by atoms with Gasteiger partial charge in [0, 0.05) is 30.2 Å². The van der Waals surface area contributed by atoms with Gasteiger partial charge in [-0.3, -0.25) is 9.48 Å². The number of aryl methyl sites for hydroxylation is 4. The molecule has 3 nitrogen and oxygen atoms in total. The predicted octanol–water partition coefficient (Wildman–Crippen LogP) is 3.18. The molecule has 2 heterocycles. The number of rotatable bonds is 4. The van der Waals surface area contributed by atoms with Crippen molar-refractivity contribution in [2.45, 2.75) is 38.5 Å². The molecule has 0 amide bonds. The molecule has 0 spiro atoms. The summed E-state index contributed by atoms with van der Waals surface area (Å²) in [5.74, 6) is 0.278. The van der Waals surface area contributed by atoms with E-state index in [0.29, 0.717) is 6.42 Å². The summed E-state index contributed by atoms with van der Waals surface area (Å²) in [7, 11) is 1.92. The first-order chi connectivity index (χ1) is 9.24. The van der Waals surface area contributed by atoms with Gasteiger partial charge in [-0.2, -0.15) is 5.10 Å². The van der Waals surface area contributed by atoms with Crippen LogP contribution in [0.1, 0.15) is 45.1 Å². The molecular weight excluding hydrogens is 256 g/mol. The zero-order valence-corrected chi connectivity index (χ0v) is 12.0. The Morgan fingerprint density at radius 3 is 3.00 bits per heavy atom. The van der Waals surface area contributed by atoms with Gasteiger partial charge in [0.25, 0.3) is 0 Å². The van der Waals surface area contributed by atoms with Crippen LogP contribution >= 0.6 is 11.3 Å². The summed E-state index contributed by atoms with van der Waals surface area (Å²) >= 11 is 1.71. The van der Waals surface area contributed by atoms with Gasteiger partial charge in [-0.05, 0) is 49.8 Å². The van der Waals surface area contributed by atoms with Crippen molar-refractivity contribution in [1.82, 2.24) is 9.78 Å². The van der Waals surface area contributed by atoms with Crippen molar-refractivity contribution in [2.75, 3.05) is 0 Å². The van der Waals surface area contributed by atoms with Gasteiger partial charge < -0.3 is 0 Å². The number of nitrogens with zero attached hydrogens (tertiary/aromatic N) is 2. The third-order valence-corrected chi connectivity index (χ3v) is 5.08. The summed E-state index contributed by atoms with van der Waals surface area (Å²) in [6.07, 6.45) is 8.00. The molecule has 3 rings (SSSR count). The molecule has 0 saturated carbocycles. The Kier molecular flexibility index (Phi) is 3.51. The molecule has 4 heteroatoms. The maximum absolute atomic E-state index is 12.2. The fourth-order valence-corrected chi connectivity index (χ4v) is 3.86. The van der Waals surface area contributed by atoms with Crippen LogP contribution < -0.4 is 0 Å². The monoisotopic (exact) mass is 274 g/mol. The van der Waals surface area contributed by atoms with Crippen LogP contribution in [0.2, 0.25) is 0 Å². The van der Waals surface area contributed by atoms with Gasteiger partial charge in [0.15, 0.2) is 5.78 Å². The number of carbonyl (C=O) groups excluding carboxylic acids is 1. The van der Waals surface area contributed by atoms with E-state index >= 15 is 0 Å². The average Bonchev–Trinajstić information content (AvgIpc) is 3.01. The smallest absolute Gasteiger partial charge is 0.173 e. The Morgan fingerprint density at radius 2 is 2.26 bits per heavy atom. The summed E-state index contributed by atoms with van der Waals surface area (Å²) in [5.41, 5.74) is 2.54. The highest BCUT2D eigenvalue weighted by atomic mass is 32.1. The van der Waals surface area contributed by atoms with Gasteiger partial charge in [-0.1, -0.05) is 0 Å². The second-order valence-corrected chi connectivity index (χ2v) is 6.27. The van der Waals surface area contributed by atoms with Crippen LogP contribution in [-0.2, 0) is 26.3 Å².